The molecule has 1 unspecified atom stereocenters. The molecule has 5 heteroatoms. The molecule has 4 nitrogen and oxygen atoms in total. The summed E-state index contributed by atoms with van der Waals surface area (Å²) in [6.07, 6.45) is 2.50. The Kier molecular flexibility index (Phi) is 5.71. The van der Waals surface area contributed by atoms with Gasteiger partial charge in [-0.15, -0.1) is 0 Å². The maximum absolute atomic E-state index is 8.65. The van der Waals surface area contributed by atoms with E-state index in [9.17, 15) is 0 Å². The van der Waals surface area contributed by atoms with E-state index >= 15 is 0 Å². The van der Waals surface area contributed by atoms with Gasteiger partial charge in [0, 0.05) is 18.3 Å². The van der Waals surface area contributed by atoms with Gasteiger partial charge in [0.2, 0.25) is 5.89 Å². The summed E-state index contributed by atoms with van der Waals surface area (Å²) in [6, 6.07) is 0. The zero-order valence-corrected chi connectivity index (χ0v) is 10.1. The Hall–Kier alpha value is -0.550. The van der Waals surface area contributed by atoms with E-state index in [2.05, 4.69) is 24.0 Å². The molecule has 15 heavy (non-hydrogen) atoms. The molecule has 0 aliphatic heterocycles. The minimum Gasteiger partial charge on any atom is -0.396 e. The van der Waals surface area contributed by atoms with Gasteiger partial charge in [-0.1, -0.05) is 19.0 Å². The van der Waals surface area contributed by atoms with Crippen LogP contribution >= 0.6 is 11.8 Å². The zero-order chi connectivity index (χ0) is 11.1. The average molecular weight is 230 g/mol. The van der Waals surface area contributed by atoms with E-state index in [0.717, 1.165) is 18.0 Å². The maximum Gasteiger partial charge on any atom is 0.226 e. The summed E-state index contributed by atoms with van der Waals surface area (Å²) in [4.78, 5) is 4.24. The van der Waals surface area contributed by atoms with Gasteiger partial charge >= 0.3 is 0 Å². The molecule has 86 valence electrons. The van der Waals surface area contributed by atoms with Gasteiger partial charge < -0.3 is 9.63 Å². The van der Waals surface area contributed by atoms with E-state index in [1.807, 2.05) is 11.8 Å². The second-order valence-corrected chi connectivity index (χ2v) is 4.89. The van der Waals surface area contributed by atoms with Crippen LogP contribution in [0.15, 0.2) is 4.52 Å². The average Bonchev–Trinajstić information content (AvgIpc) is 2.71. The highest BCUT2D eigenvalue weighted by Gasteiger charge is 2.07. The van der Waals surface area contributed by atoms with Gasteiger partial charge in [-0.25, -0.2) is 0 Å². The quantitative estimate of drug-likeness (QED) is 0.776. The number of hydrogen-bond donors (Lipinski definition) is 1. The lowest BCUT2D eigenvalue weighted by Crippen LogP contribution is -1.95. The molecule has 0 radical (unpaired) electrons. The highest BCUT2D eigenvalue weighted by molar-refractivity contribution is 7.99. The van der Waals surface area contributed by atoms with Crippen LogP contribution in [0.2, 0.25) is 0 Å². The van der Waals surface area contributed by atoms with E-state index < -0.39 is 0 Å². The number of nitrogens with zero attached hydrogens (tertiary/aromatic N) is 2. The molecule has 0 aliphatic rings. The van der Waals surface area contributed by atoms with Crippen LogP contribution in [0.4, 0.5) is 0 Å². The van der Waals surface area contributed by atoms with Crippen molar-refractivity contribution in [2.75, 3.05) is 6.61 Å². The first-order chi connectivity index (χ1) is 7.26. The molecule has 0 aliphatic carbocycles. The van der Waals surface area contributed by atoms with Crippen LogP contribution in [0, 0.1) is 0 Å². The summed E-state index contributed by atoms with van der Waals surface area (Å²) in [5.41, 5.74) is 0. The van der Waals surface area contributed by atoms with Gasteiger partial charge in [-0.3, -0.25) is 0 Å². The van der Waals surface area contributed by atoms with Crippen LogP contribution in [0.5, 0.6) is 0 Å². The minimum absolute atomic E-state index is 0.166. The van der Waals surface area contributed by atoms with Crippen molar-refractivity contribution in [3.8, 4) is 0 Å². The third kappa shape index (κ3) is 4.66. The Morgan fingerprint density at radius 1 is 1.53 bits per heavy atom. The summed E-state index contributed by atoms with van der Waals surface area (Å²) in [5.74, 6) is 2.19. The van der Waals surface area contributed by atoms with Gasteiger partial charge in [-0.2, -0.15) is 16.7 Å². The van der Waals surface area contributed by atoms with Crippen molar-refractivity contribution >= 4 is 11.8 Å². The normalized spacial score (nSPS) is 13.0. The van der Waals surface area contributed by atoms with Gasteiger partial charge in [0.15, 0.2) is 5.82 Å². The fraction of sp³-hybridized carbons (Fsp3) is 0.800. The first-order valence-corrected chi connectivity index (χ1v) is 6.35. The molecule has 0 fully saturated rings. The van der Waals surface area contributed by atoms with Crippen molar-refractivity contribution in [2.45, 2.75) is 44.1 Å². The molecule has 1 aromatic rings. The van der Waals surface area contributed by atoms with Crippen LogP contribution in [0.1, 0.15) is 38.4 Å². The Bertz CT molecular complexity index is 278. The fourth-order valence-corrected chi connectivity index (χ4v) is 1.80. The largest absolute Gasteiger partial charge is 0.396 e. The number of rotatable bonds is 7. The molecule has 1 N–H and O–H groups in total. The molecule has 1 atom stereocenters. The van der Waals surface area contributed by atoms with E-state index in [1.165, 1.54) is 0 Å². The van der Waals surface area contributed by atoms with Gasteiger partial charge in [0.1, 0.15) is 0 Å². The Morgan fingerprint density at radius 3 is 3.00 bits per heavy atom. The van der Waals surface area contributed by atoms with Crippen molar-refractivity contribution < 1.29 is 9.63 Å². The molecular weight excluding hydrogens is 212 g/mol. The predicted octanol–water partition coefficient (Wildman–Crippen LogP) is 2.03. The second-order valence-electron chi connectivity index (χ2n) is 3.46. The monoisotopic (exact) mass is 230 g/mol. The van der Waals surface area contributed by atoms with Gasteiger partial charge in [-0.05, 0) is 12.8 Å². The standard InChI is InChI=1S/C10H18N2O2S/c1-3-8(2)15-7-9-11-10(14-12-9)5-4-6-13/h8,13H,3-7H2,1-2H3. The van der Waals surface area contributed by atoms with Crippen LogP contribution in [0.25, 0.3) is 0 Å². The van der Waals surface area contributed by atoms with Crippen molar-refractivity contribution in [1.82, 2.24) is 10.1 Å². The number of aliphatic hydroxyl groups excluding tert-OH is 1. The number of hydrogen-bond acceptors (Lipinski definition) is 5. The lowest BCUT2D eigenvalue weighted by atomic mass is 10.3. The zero-order valence-electron chi connectivity index (χ0n) is 9.27. The molecule has 0 bridgehead atoms. The highest BCUT2D eigenvalue weighted by atomic mass is 32.2. The summed E-state index contributed by atoms with van der Waals surface area (Å²) < 4.78 is 5.05. The summed E-state index contributed by atoms with van der Waals surface area (Å²) in [5, 5.41) is 13.2. The van der Waals surface area contributed by atoms with E-state index in [1.54, 1.807) is 0 Å². The Balaban J connectivity index is 2.32. The molecule has 0 aromatic carbocycles. The lowest BCUT2D eigenvalue weighted by molar-refractivity contribution is 0.278. The molecule has 0 saturated heterocycles. The molecule has 1 heterocycles. The number of aromatic nitrogens is 2. The maximum atomic E-state index is 8.65. The van der Waals surface area contributed by atoms with Gasteiger partial charge in [0.05, 0.1) is 5.75 Å². The molecule has 0 spiro atoms. The summed E-state index contributed by atoms with van der Waals surface area (Å²) >= 11 is 1.83. The van der Waals surface area contributed by atoms with Crippen LogP contribution in [-0.2, 0) is 12.2 Å². The SMILES string of the molecule is CCC(C)SCc1noc(CCCO)n1. The third-order valence-corrected chi connectivity index (χ3v) is 3.46. The Morgan fingerprint density at radius 2 is 2.33 bits per heavy atom. The first kappa shape index (κ1) is 12.5. The van der Waals surface area contributed by atoms with Crippen molar-refractivity contribution in [2.24, 2.45) is 0 Å². The lowest BCUT2D eigenvalue weighted by Gasteiger charge is -2.04. The van der Waals surface area contributed by atoms with E-state index in [-0.39, 0.29) is 6.61 Å². The van der Waals surface area contributed by atoms with Crippen molar-refractivity contribution in [3.63, 3.8) is 0 Å². The second kappa shape index (κ2) is 6.85. The molecule has 1 rings (SSSR count). The summed E-state index contributed by atoms with van der Waals surface area (Å²) in [6.45, 7) is 4.53. The third-order valence-electron chi connectivity index (χ3n) is 2.13. The number of thioether (sulfide) groups is 1. The molecule has 0 saturated carbocycles. The van der Waals surface area contributed by atoms with Gasteiger partial charge in [0.25, 0.3) is 0 Å². The molecule has 1 aromatic heterocycles. The van der Waals surface area contributed by atoms with E-state index in [4.69, 9.17) is 9.63 Å². The Labute approximate surface area is 94.5 Å². The predicted molar refractivity (Wildman–Crippen MR) is 60.8 cm³/mol. The smallest absolute Gasteiger partial charge is 0.226 e. The fourth-order valence-electron chi connectivity index (χ4n) is 1.02. The molecule has 0 amide bonds. The van der Waals surface area contributed by atoms with Crippen molar-refractivity contribution in [1.29, 1.82) is 0 Å². The van der Waals surface area contributed by atoms with Crippen LogP contribution < -0.4 is 0 Å². The van der Waals surface area contributed by atoms with E-state index in [0.29, 0.717) is 24.0 Å². The van der Waals surface area contributed by atoms with Crippen LogP contribution in [-0.4, -0.2) is 27.1 Å². The number of aryl methyl sites for hydroxylation is 1. The van der Waals surface area contributed by atoms with Crippen LogP contribution in [0.3, 0.4) is 0 Å². The number of aliphatic hydroxyl groups is 1. The minimum atomic E-state index is 0.166. The highest BCUT2D eigenvalue weighted by Crippen LogP contribution is 2.18. The van der Waals surface area contributed by atoms with Crippen molar-refractivity contribution in [3.05, 3.63) is 11.7 Å². The topological polar surface area (TPSA) is 59.2 Å². The molecular formula is C10H18N2O2S. The first-order valence-electron chi connectivity index (χ1n) is 5.30. The summed E-state index contributed by atoms with van der Waals surface area (Å²) in [7, 11) is 0.